The quantitative estimate of drug-likeness (QED) is 0.607. The van der Waals surface area contributed by atoms with Crippen molar-refractivity contribution >= 4 is 15.9 Å². The summed E-state index contributed by atoms with van der Waals surface area (Å²) in [4.78, 5) is 14.5. The van der Waals surface area contributed by atoms with Crippen LogP contribution in [0, 0.1) is 6.92 Å². The number of benzene rings is 1. The zero-order valence-corrected chi connectivity index (χ0v) is 10.5. The lowest BCUT2D eigenvalue weighted by molar-refractivity contribution is 0.556. The first-order valence-electron chi connectivity index (χ1n) is 5.29. The zero-order valence-electron chi connectivity index (χ0n) is 9.73. The van der Waals surface area contributed by atoms with Gasteiger partial charge in [0, 0.05) is 6.26 Å². The number of sulfone groups is 1. The second-order valence-corrected chi connectivity index (χ2v) is 6.50. The molecule has 90 valence electrons. The van der Waals surface area contributed by atoms with Gasteiger partial charge in [0.05, 0.1) is 10.4 Å². The Bertz CT molecular complexity index is 609. The normalized spacial score (nSPS) is 17.3. The molecule has 0 unspecified atom stereocenters. The Kier molecular flexibility index (Phi) is 2.68. The SMILES string of the molecule is Cc1cc(S(C)(=O)=O)ccc1C1(N=C=O)CC1. The molecule has 4 nitrogen and oxygen atoms in total. The van der Waals surface area contributed by atoms with Gasteiger partial charge in [-0.2, -0.15) is 4.99 Å². The minimum atomic E-state index is -3.19. The standard InChI is InChI=1S/C12H13NO3S/c1-9-7-10(17(2,15)16)3-4-11(9)12(5-6-12)13-8-14/h3-4,7H,5-6H2,1-2H3. The molecule has 0 saturated heterocycles. The van der Waals surface area contributed by atoms with Gasteiger partial charge >= 0.3 is 0 Å². The summed E-state index contributed by atoms with van der Waals surface area (Å²) in [6.07, 6.45) is 4.42. The van der Waals surface area contributed by atoms with E-state index in [-0.39, 0.29) is 0 Å². The molecule has 0 radical (unpaired) electrons. The van der Waals surface area contributed by atoms with Gasteiger partial charge in [-0.1, -0.05) is 6.07 Å². The van der Waals surface area contributed by atoms with Crippen molar-refractivity contribution in [3.05, 3.63) is 29.3 Å². The van der Waals surface area contributed by atoms with Crippen molar-refractivity contribution in [1.29, 1.82) is 0 Å². The van der Waals surface area contributed by atoms with Crippen LogP contribution in [0.4, 0.5) is 0 Å². The lowest BCUT2D eigenvalue weighted by Gasteiger charge is -2.12. The maximum Gasteiger partial charge on any atom is 0.235 e. The van der Waals surface area contributed by atoms with Crippen LogP contribution in [0.25, 0.3) is 0 Å². The average molecular weight is 251 g/mol. The van der Waals surface area contributed by atoms with Crippen LogP contribution in [0.3, 0.4) is 0 Å². The van der Waals surface area contributed by atoms with Crippen molar-refractivity contribution in [2.45, 2.75) is 30.2 Å². The number of isocyanates is 1. The number of carbonyl (C=O) groups excluding carboxylic acids is 1. The van der Waals surface area contributed by atoms with Crippen LogP contribution >= 0.6 is 0 Å². The largest absolute Gasteiger partial charge is 0.235 e. The van der Waals surface area contributed by atoms with E-state index in [9.17, 15) is 13.2 Å². The van der Waals surface area contributed by atoms with Crippen LogP contribution in [0.5, 0.6) is 0 Å². The Labute approximate surface area is 100 Å². The minimum Gasteiger partial charge on any atom is -0.224 e. The second kappa shape index (κ2) is 3.79. The van der Waals surface area contributed by atoms with E-state index in [1.54, 1.807) is 24.3 Å². The lowest BCUT2D eigenvalue weighted by Crippen LogP contribution is -2.06. The molecule has 0 bridgehead atoms. The van der Waals surface area contributed by atoms with Gasteiger partial charge in [-0.05, 0) is 43.0 Å². The van der Waals surface area contributed by atoms with Gasteiger partial charge in [-0.3, -0.25) is 0 Å². The van der Waals surface area contributed by atoms with E-state index in [2.05, 4.69) is 4.99 Å². The molecule has 1 fully saturated rings. The van der Waals surface area contributed by atoms with E-state index < -0.39 is 15.4 Å². The van der Waals surface area contributed by atoms with Gasteiger partial charge in [0.2, 0.25) is 6.08 Å². The van der Waals surface area contributed by atoms with Crippen LogP contribution < -0.4 is 0 Å². The van der Waals surface area contributed by atoms with Gasteiger partial charge in [-0.15, -0.1) is 0 Å². The number of hydrogen-bond acceptors (Lipinski definition) is 4. The van der Waals surface area contributed by atoms with E-state index in [1.807, 2.05) is 6.92 Å². The first kappa shape index (κ1) is 12.0. The fourth-order valence-corrected chi connectivity index (χ4v) is 2.74. The van der Waals surface area contributed by atoms with E-state index in [0.717, 1.165) is 24.0 Å². The van der Waals surface area contributed by atoms with Gasteiger partial charge in [0.1, 0.15) is 0 Å². The molecule has 0 aromatic heterocycles. The Morgan fingerprint density at radius 1 is 1.35 bits per heavy atom. The van der Waals surface area contributed by atoms with E-state index >= 15 is 0 Å². The second-order valence-electron chi connectivity index (χ2n) is 4.48. The molecule has 1 aromatic carbocycles. The van der Waals surface area contributed by atoms with Crippen molar-refractivity contribution in [3.8, 4) is 0 Å². The van der Waals surface area contributed by atoms with Crippen molar-refractivity contribution < 1.29 is 13.2 Å². The first-order valence-corrected chi connectivity index (χ1v) is 7.18. The molecule has 1 aliphatic rings. The molecule has 0 heterocycles. The third-order valence-electron chi connectivity index (χ3n) is 3.11. The van der Waals surface area contributed by atoms with Crippen molar-refractivity contribution in [2.75, 3.05) is 6.26 Å². The topological polar surface area (TPSA) is 63.6 Å². The molecular weight excluding hydrogens is 238 g/mol. The molecule has 0 atom stereocenters. The highest BCUT2D eigenvalue weighted by atomic mass is 32.2. The summed E-state index contributed by atoms with van der Waals surface area (Å²) in [7, 11) is -3.19. The molecule has 1 aliphatic carbocycles. The maximum atomic E-state index is 11.4. The van der Waals surface area contributed by atoms with Gasteiger partial charge in [0.15, 0.2) is 9.84 Å². The molecule has 1 aromatic rings. The third kappa shape index (κ3) is 2.16. The molecular formula is C12H13NO3S. The summed E-state index contributed by atoms with van der Waals surface area (Å²) in [5, 5.41) is 0. The summed E-state index contributed by atoms with van der Waals surface area (Å²) in [5.74, 6) is 0. The predicted molar refractivity (Wildman–Crippen MR) is 63.3 cm³/mol. The molecule has 0 aliphatic heterocycles. The Morgan fingerprint density at radius 2 is 2.00 bits per heavy atom. The summed E-state index contributed by atoms with van der Waals surface area (Å²) in [6.45, 7) is 1.84. The predicted octanol–water partition coefficient (Wildman–Crippen LogP) is 1.72. The van der Waals surface area contributed by atoms with Crippen LogP contribution in [-0.4, -0.2) is 20.8 Å². The molecule has 2 rings (SSSR count). The van der Waals surface area contributed by atoms with Gasteiger partial charge in [0.25, 0.3) is 0 Å². The summed E-state index contributed by atoms with van der Waals surface area (Å²) in [6, 6.07) is 4.95. The monoisotopic (exact) mass is 251 g/mol. The fourth-order valence-electron chi connectivity index (χ4n) is 2.04. The Balaban J connectivity index is 2.50. The maximum absolute atomic E-state index is 11.4. The zero-order chi connectivity index (χ0) is 12.7. The minimum absolute atomic E-state index is 0.296. The summed E-state index contributed by atoms with van der Waals surface area (Å²) >= 11 is 0. The van der Waals surface area contributed by atoms with Crippen LogP contribution in [0.2, 0.25) is 0 Å². The first-order chi connectivity index (χ1) is 7.89. The van der Waals surface area contributed by atoms with Crippen molar-refractivity contribution in [2.24, 2.45) is 4.99 Å². The van der Waals surface area contributed by atoms with E-state index in [0.29, 0.717) is 4.90 Å². The van der Waals surface area contributed by atoms with E-state index in [1.165, 1.54) is 6.26 Å². The fraction of sp³-hybridized carbons (Fsp3) is 0.417. The number of aryl methyl sites for hydroxylation is 1. The average Bonchev–Trinajstić information content (AvgIpc) is 2.97. The highest BCUT2D eigenvalue weighted by Gasteiger charge is 2.45. The molecule has 0 spiro atoms. The lowest BCUT2D eigenvalue weighted by atomic mass is 10.00. The number of hydrogen-bond donors (Lipinski definition) is 0. The number of nitrogens with zero attached hydrogens (tertiary/aromatic N) is 1. The summed E-state index contributed by atoms with van der Waals surface area (Å²) < 4.78 is 22.8. The molecule has 0 N–H and O–H groups in total. The molecule has 5 heteroatoms. The highest BCUT2D eigenvalue weighted by Crippen LogP contribution is 2.50. The van der Waals surface area contributed by atoms with Crippen molar-refractivity contribution in [3.63, 3.8) is 0 Å². The van der Waals surface area contributed by atoms with Gasteiger partial charge in [-0.25, -0.2) is 13.2 Å². The van der Waals surface area contributed by atoms with Crippen LogP contribution in [-0.2, 0) is 20.2 Å². The van der Waals surface area contributed by atoms with Crippen molar-refractivity contribution in [1.82, 2.24) is 0 Å². The number of aliphatic imine (C=N–C) groups is 1. The van der Waals surface area contributed by atoms with Crippen LogP contribution in [0.1, 0.15) is 24.0 Å². The number of rotatable bonds is 3. The van der Waals surface area contributed by atoms with Crippen LogP contribution in [0.15, 0.2) is 28.1 Å². The Hall–Kier alpha value is -1.45. The van der Waals surface area contributed by atoms with Gasteiger partial charge < -0.3 is 0 Å². The molecule has 1 saturated carbocycles. The highest BCUT2D eigenvalue weighted by molar-refractivity contribution is 7.90. The Morgan fingerprint density at radius 3 is 2.41 bits per heavy atom. The van der Waals surface area contributed by atoms with E-state index in [4.69, 9.17) is 0 Å². The molecule has 0 amide bonds. The third-order valence-corrected chi connectivity index (χ3v) is 4.22. The summed E-state index contributed by atoms with van der Waals surface area (Å²) in [5.41, 5.74) is 1.33. The molecule has 17 heavy (non-hydrogen) atoms. The smallest absolute Gasteiger partial charge is 0.224 e.